The Labute approximate surface area is 412 Å². The predicted molar refractivity (Wildman–Crippen MR) is 297 cm³/mol. The van der Waals surface area contributed by atoms with Gasteiger partial charge >= 0.3 is 0 Å². The summed E-state index contributed by atoms with van der Waals surface area (Å²) in [7, 11) is 0. The van der Waals surface area contributed by atoms with Crippen LogP contribution in [0, 0.1) is 13.8 Å². The molecule has 2 atom stereocenters. The van der Waals surface area contributed by atoms with Gasteiger partial charge in [-0.1, -0.05) is 164 Å². The third-order valence-corrected chi connectivity index (χ3v) is 17.8. The van der Waals surface area contributed by atoms with Crippen molar-refractivity contribution in [2.75, 3.05) is 9.80 Å². The van der Waals surface area contributed by atoms with Gasteiger partial charge in [0.2, 0.25) is 5.71 Å². The van der Waals surface area contributed by atoms with E-state index < -0.39 is 0 Å². The highest BCUT2D eigenvalue weighted by atomic mass is 16.3. The molecule has 3 aliphatic heterocycles. The van der Waals surface area contributed by atoms with Crippen molar-refractivity contribution >= 4 is 84.5 Å². The largest absolute Gasteiger partial charge is 0.439 e. The number of benzene rings is 6. The maximum absolute atomic E-state index is 7.21. The lowest BCUT2D eigenvalue weighted by Gasteiger charge is -2.52. The molecule has 1 fully saturated rings. The van der Waals surface area contributed by atoms with Crippen molar-refractivity contribution < 1.29 is 4.42 Å². The quantitative estimate of drug-likeness (QED) is 0.165. The second kappa shape index (κ2) is 14.0. The number of hydrogen-bond acceptors (Lipinski definition) is 3. The topological polar surface area (TPSA) is 24.6 Å². The normalized spacial score (nSPS) is 19.7. The maximum atomic E-state index is 7.21. The molecule has 1 aliphatic carbocycles. The minimum atomic E-state index is -0.135. The van der Waals surface area contributed by atoms with Gasteiger partial charge in [0.05, 0.1) is 22.1 Å². The Morgan fingerprint density at radius 3 is 1.75 bits per heavy atom. The molecule has 0 amide bonds. The monoisotopic (exact) mass is 910 g/mol. The van der Waals surface area contributed by atoms with E-state index >= 15 is 0 Å². The van der Waals surface area contributed by atoms with Gasteiger partial charge in [-0.15, -0.1) is 0 Å². The molecular weight excluding hydrogens is 838 g/mol. The summed E-state index contributed by atoms with van der Waals surface area (Å²) >= 11 is 0. The second-order valence-electron chi connectivity index (χ2n) is 26.4. The standard InChI is InChI=1S/C64H72BN3O/c1-37-29-39(59(3,4)5)23-25-49(37)66(50-26-24-40(30-38(50)2)60(6,7)8)43-35-51-55-52(36-43)68-57-46(63(15)27-19-20-28-64(63,68)16)32-42(62(12,13)14)34-48(57)65(55)47-33-41(61(9,10)11)31-45-54-44-21-17-18-22-53(44)69-58(54)67(51)56(45)47/h17-18,21-26,29-36H,19-20,27-28H2,1-16H3. The summed E-state index contributed by atoms with van der Waals surface area (Å²) in [4.78, 5) is 5.50. The molecule has 2 aromatic heterocycles. The molecule has 0 radical (unpaired) electrons. The van der Waals surface area contributed by atoms with Crippen LogP contribution in [0.2, 0.25) is 0 Å². The van der Waals surface area contributed by atoms with Crippen molar-refractivity contribution in [3.63, 3.8) is 0 Å². The minimum absolute atomic E-state index is 0.0230. The molecule has 8 aromatic rings. The number of aryl methyl sites for hydroxylation is 2. The first-order chi connectivity index (χ1) is 32.3. The summed E-state index contributed by atoms with van der Waals surface area (Å²) in [5.41, 5.74) is 24.4. The highest BCUT2D eigenvalue weighted by Gasteiger charge is 2.61. The first-order valence-electron chi connectivity index (χ1n) is 26.0. The zero-order valence-electron chi connectivity index (χ0n) is 44.4. The average Bonchev–Trinajstić information content (AvgIpc) is 3.87. The Bertz CT molecular complexity index is 3450. The fourth-order valence-corrected chi connectivity index (χ4v) is 13.5. The summed E-state index contributed by atoms with van der Waals surface area (Å²) in [6.07, 6.45) is 4.80. The average molecular weight is 910 g/mol. The van der Waals surface area contributed by atoms with Gasteiger partial charge in [0.25, 0.3) is 6.71 Å². The van der Waals surface area contributed by atoms with Crippen LogP contribution >= 0.6 is 0 Å². The van der Waals surface area contributed by atoms with Crippen LogP contribution < -0.4 is 26.2 Å². The predicted octanol–water partition coefficient (Wildman–Crippen LogP) is 15.7. The van der Waals surface area contributed by atoms with Crippen molar-refractivity contribution in [3.05, 3.63) is 136 Å². The number of furan rings is 1. The maximum Gasteiger partial charge on any atom is 0.252 e. The Morgan fingerprint density at radius 2 is 1.14 bits per heavy atom. The number of anilines is 5. The molecule has 4 aliphatic rings. The molecule has 1 saturated carbocycles. The van der Waals surface area contributed by atoms with Crippen LogP contribution in [0.25, 0.3) is 38.7 Å². The number of nitrogens with zero attached hydrogens (tertiary/aromatic N) is 3. The van der Waals surface area contributed by atoms with E-state index in [1.54, 1.807) is 5.56 Å². The molecule has 12 rings (SSSR count). The Balaban J connectivity index is 1.27. The smallest absolute Gasteiger partial charge is 0.252 e. The van der Waals surface area contributed by atoms with E-state index in [9.17, 15) is 0 Å². The fraction of sp³-hybridized carbons (Fsp3) is 0.406. The van der Waals surface area contributed by atoms with Crippen LogP contribution in [0.15, 0.2) is 101 Å². The summed E-state index contributed by atoms with van der Waals surface area (Å²) in [6.45, 7) is 38.2. The lowest BCUT2D eigenvalue weighted by atomic mass is 9.33. The SMILES string of the molecule is Cc1cc(C(C)(C)C)ccc1N(c1cc2c3c(c1)-n1c4oc5ccccc5c4c4cc(C(C)(C)C)cc(c41)B3c1cc(C(C)(C)C)cc3c1N2C1(C)CCCCC31C)c1ccc(C(C)(C)C)cc1C. The molecule has 2 unspecified atom stereocenters. The third kappa shape index (κ3) is 6.07. The highest BCUT2D eigenvalue weighted by molar-refractivity contribution is 7.00. The van der Waals surface area contributed by atoms with Crippen LogP contribution in [-0.4, -0.2) is 16.8 Å². The Kier molecular flexibility index (Phi) is 9.04. The van der Waals surface area contributed by atoms with Crippen molar-refractivity contribution in [1.29, 1.82) is 0 Å². The van der Waals surface area contributed by atoms with E-state index in [0.29, 0.717) is 0 Å². The minimum Gasteiger partial charge on any atom is -0.439 e. The first kappa shape index (κ1) is 44.5. The van der Waals surface area contributed by atoms with Crippen LogP contribution in [0.3, 0.4) is 0 Å². The summed E-state index contributed by atoms with van der Waals surface area (Å²) in [6, 6.07) is 38.6. The van der Waals surface area contributed by atoms with Crippen molar-refractivity contribution in [2.24, 2.45) is 0 Å². The van der Waals surface area contributed by atoms with Gasteiger partial charge in [-0.3, -0.25) is 4.57 Å². The van der Waals surface area contributed by atoms with E-state index in [2.05, 4.69) is 222 Å². The van der Waals surface area contributed by atoms with Crippen molar-refractivity contribution in [1.82, 2.24) is 4.57 Å². The fourth-order valence-electron chi connectivity index (χ4n) is 13.5. The molecule has 0 N–H and O–H groups in total. The van der Waals surface area contributed by atoms with E-state index in [-0.39, 0.29) is 39.3 Å². The molecule has 352 valence electrons. The van der Waals surface area contributed by atoms with Gasteiger partial charge in [0, 0.05) is 44.6 Å². The molecule has 5 heterocycles. The van der Waals surface area contributed by atoms with Crippen molar-refractivity contribution in [2.45, 2.75) is 169 Å². The first-order valence-corrected chi connectivity index (χ1v) is 26.0. The second-order valence-corrected chi connectivity index (χ2v) is 26.4. The summed E-state index contributed by atoms with van der Waals surface area (Å²) < 4.78 is 9.77. The van der Waals surface area contributed by atoms with Gasteiger partial charge in [0.1, 0.15) is 5.58 Å². The molecule has 6 aromatic carbocycles. The summed E-state index contributed by atoms with van der Waals surface area (Å²) in [5.74, 6) is 0. The molecule has 0 bridgehead atoms. The van der Waals surface area contributed by atoms with Gasteiger partial charge in [-0.2, -0.15) is 0 Å². The van der Waals surface area contributed by atoms with Gasteiger partial charge < -0.3 is 14.2 Å². The van der Waals surface area contributed by atoms with Crippen LogP contribution in [0.1, 0.15) is 162 Å². The molecule has 0 spiro atoms. The molecular formula is C64H72BN3O. The van der Waals surface area contributed by atoms with E-state index in [4.69, 9.17) is 4.42 Å². The Hall–Kier alpha value is -5.68. The van der Waals surface area contributed by atoms with E-state index in [1.165, 1.54) is 125 Å². The number of para-hydroxylation sites is 1. The van der Waals surface area contributed by atoms with Crippen LogP contribution in [-0.2, 0) is 27.1 Å². The van der Waals surface area contributed by atoms with Crippen LogP contribution in [0.5, 0.6) is 0 Å². The number of rotatable bonds is 3. The molecule has 69 heavy (non-hydrogen) atoms. The number of aromatic nitrogens is 1. The number of fused-ring (bicyclic) bond motifs is 12. The van der Waals surface area contributed by atoms with Gasteiger partial charge in [0.15, 0.2) is 0 Å². The zero-order valence-corrected chi connectivity index (χ0v) is 44.4. The van der Waals surface area contributed by atoms with Gasteiger partial charge in [-0.05, 0) is 147 Å². The number of hydrogen-bond donors (Lipinski definition) is 0. The summed E-state index contributed by atoms with van der Waals surface area (Å²) in [5, 5.41) is 3.67. The third-order valence-electron chi connectivity index (χ3n) is 17.8. The van der Waals surface area contributed by atoms with E-state index in [0.717, 1.165) is 17.7 Å². The zero-order chi connectivity index (χ0) is 48.9. The Morgan fingerprint density at radius 1 is 0.580 bits per heavy atom. The van der Waals surface area contributed by atoms with E-state index in [1.807, 2.05) is 0 Å². The molecule has 5 heteroatoms. The highest BCUT2D eigenvalue weighted by Crippen LogP contribution is 2.62. The van der Waals surface area contributed by atoms with Crippen molar-refractivity contribution in [3.8, 4) is 5.69 Å². The lowest BCUT2D eigenvalue weighted by molar-refractivity contribution is 0.195. The van der Waals surface area contributed by atoms with Crippen LogP contribution in [0.4, 0.5) is 28.4 Å². The molecule has 0 saturated heterocycles. The molecule has 4 nitrogen and oxygen atoms in total. The lowest BCUT2D eigenvalue weighted by Crippen LogP contribution is -2.64. The van der Waals surface area contributed by atoms with Gasteiger partial charge in [-0.25, -0.2) is 0 Å².